The number of amides is 2. The van der Waals surface area contributed by atoms with Gasteiger partial charge in [-0.3, -0.25) is 4.79 Å². The third-order valence-corrected chi connectivity index (χ3v) is 2.90. The van der Waals surface area contributed by atoms with Gasteiger partial charge in [0.25, 0.3) is 5.78 Å². The SMILES string of the molecule is NC(=O)N1CCCCC1.O=C(O)C(=O)c1ccccc1. The van der Waals surface area contributed by atoms with E-state index in [4.69, 9.17) is 10.8 Å². The molecule has 20 heavy (non-hydrogen) atoms. The minimum atomic E-state index is -1.42. The van der Waals surface area contributed by atoms with Gasteiger partial charge in [0.15, 0.2) is 0 Å². The number of nitrogens with two attached hydrogens (primary N) is 1. The van der Waals surface area contributed by atoms with Crippen LogP contribution in [0.2, 0.25) is 0 Å². The predicted octanol–water partition coefficient (Wildman–Crippen LogP) is 1.50. The Bertz CT molecular complexity index is 467. The maximum atomic E-state index is 10.7. The molecule has 2 rings (SSSR count). The van der Waals surface area contributed by atoms with Gasteiger partial charge in [-0.2, -0.15) is 0 Å². The fourth-order valence-electron chi connectivity index (χ4n) is 1.83. The molecule has 1 saturated heterocycles. The van der Waals surface area contributed by atoms with Gasteiger partial charge in [-0.15, -0.1) is 0 Å². The number of benzene rings is 1. The number of nitrogens with zero attached hydrogens (tertiary/aromatic N) is 1. The van der Waals surface area contributed by atoms with Crippen molar-refractivity contribution in [2.24, 2.45) is 5.73 Å². The van der Waals surface area contributed by atoms with E-state index in [-0.39, 0.29) is 11.6 Å². The number of likely N-dealkylation sites (tertiary alicyclic amines) is 1. The highest BCUT2D eigenvalue weighted by molar-refractivity contribution is 6.39. The van der Waals surface area contributed by atoms with Crippen molar-refractivity contribution in [1.29, 1.82) is 0 Å². The van der Waals surface area contributed by atoms with Crippen LogP contribution in [-0.4, -0.2) is 40.9 Å². The smallest absolute Gasteiger partial charge is 0.377 e. The molecule has 2 amide bonds. The van der Waals surface area contributed by atoms with E-state index in [9.17, 15) is 14.4 Å². The lowest BCUT2D eigenvalue weighted by Gasteiger charge is -2.24. The van der Waals surface area contributed by atoms with Gasteiger partial charge in [-0.05, 0) is 19.3 Å². The predicted molar refractivity (Wildman–Crippen MR) is 73.4 cm³/mol. The number of piperidine rings is 1. The minimum absolute atomic E-state index is 0.208. The average molecular weight is 278 g/mol. The van der Waals surface area contributed by atoms with E-state index in [0.717, 1.165) is 25.9 Å². The molecular weight excluding hydrogens is 260 g/mol. The molecule has 1 aromatic rings. The quantitative estimate of drug-likeness (QED) is 0.632. The number of hydrogen-bond donors (Lipinski definition) is 2. The number of primary amides is 1. The summed E-state index contributed by atoms with van der Waals surface area (Å²) in [5, 5.41) is 8.29. The van der Waals surface area contributed by atoms with Gasteiger partial charge in [0.05, 0.1) is 0 Å². The number of carboxylic acid groups (broad SMARTS) is 1. The zero-order valence-electron chi connectivity index (χ0n) is 11.1. The summed E-state index contributed by atoms with van der Waals surface area (Å²) in [4.78, 5) is 33.1. The van der Waals surface area contributed by atoms with E-state index in [0.29, 0.717) is 0 Å². The van der Waals surface area contributed by atoms with Crippen molar-refractivity contribution in [1.82, 2.24) is 4.90 Å². The van der Waals surface area contributed by atoms with Crippen LogP contribution in [0.5, 0.6) is 0 Å². The lowest BCUT2D eigenvalue weighted by molar-refractivity contribution is -0.131. The molecule has 3 N–H and O–H groups in total. The van der Waals surface area contributed by atoms with Crippen molar-refractivity contribution >= 4 is 17.8 Å². The summed E-state index contributed by atoms with van der Waals surface area (Å²) >= 11 is 0. The lowest BCUT2D eigenvalue weighted by atomic mass is 10.1. The molecule has 1 aliphatic heterocycles. The van der Waals surface area contributed by atoms with Crippen LogP contribution in [0.3, 0.4) is 0 Å². The van der Waals surface area contributed by atoms with Gasteiger partial charge < -0.3 is 15.7 Å². The Labute approximate surface area is 117 Å². The first kappa shape index (κ1) is 15.7. The second kappa shape index (κ2) is 7.93. The van der Waals surface area contributed by atoms with Gasteiger partial charge in [-0.1, -0.05) is 30.3 Å². The van der Waals surface area contributed by atoms with Gasteiger partial charge in [-0.25, -0.2) is 9.59 Å². The van der Waals surface area contributed by atoms with E-state index in [2.05, 4.69) is 0 Å². The molecule has 0 aliphatic carbocycles. The highest BCUT2D eigenvalue weighted by Crippen LogP contribution is 2.07. The second-order valence-corrected chi connectivity index (χ2v) is 4.39. The van der Waals surface area contributed by atoms with Crippen molar-refractivity contribution < 1.29 is 19.5 Å². The standard InChI is InChI=1S/C8H6O3.C6H12N2O/c9-7(8(10)11)6-4-2-1-3-5-6;7-6(9)8-4-2-1-3-5-8/h1-5H,(H,10,11);1-5H2,(H2,7,9). The summed E-state index contributed by atoms with van der Waals surface area (Å²) in [6.45, 7) is 1.71. The van der Waals surface area contributed by atoms with Gasteiger partial charge in [0.1, 0.15) is 0 Å². The molecule has 0 saturated carbocycles. The largest absolute Gasteiger partial charge is 0.475 e. The summed E-state index contributed by atoms with van der Waals surface area (Å²) < 4.78 is 0. The van der Waals surface area contributed by atoms with Gasteiger partial charge in [0.2, 0.25) is 0 Å². The zero-order chi connectivity index (χ0) is 15.0. The number of ketones is 1. The second-order valence-electron chi connectivity index (χ2n) is 4.39. The maximum absolute atomic E-state index is 10.7. The maximum Gasteiger partial charge on any atom is 0.377 e. The molecule has 0 unspecified atom stereocenters. The molecule has 0 radical (unpaired) electrons. The van der Waals surface area contributed by atoms with Crippen molar-refractivity contribution in [3.63, 3.8) is 0 Å². The summed E-state index contributed by atoms with van der Waals surface area (Å²) in [7, 11) is 0. The minimum Gasteiger partial charge on any atom is -0.475 e. The van der Waals surface area contributed by atoms with Gasteiger partial charge in [0, 0.05) is 18.7 Å². The van der Waals surface area contributed by atoms with Crippen LogP contribution in [0.15, 0.2) is 30.3 Å². The van der Waals surface area contributed by atoms with E-state index in [1.54, 1.807) is 23.1 Å². The van der Waals surface area contributed by atoms with Crippen LogP contribution in [0.1, 0.15) is 29.6 Å². The highest BCUT2D eigenvalue weighted by Gasteiger charge is 2.12. The van der Waals surface area contributed by atoms with Gasteiger partial charge >= 0.3 is 12.0 Å². The molecule has 1 aliphatic rings. The topological polar surface area (TPSA) is 101 Å². The molecule has 1 aromatic carbocycles. The molecule has 6 nitrogen and oxygen atoms in total. The summed E-state index contributed by atoms with van der Waals surface area (Å²) in [5.74, 6) is -2.29. The number of urea groups is 1. The van der Waals surface area contributed by atoms with Crippen molar-refractivity contribution in [2.45, 2.75) is 19.3 Å². The molecule has 6 heteroatoms. The molecule has 0 spiro atoms. The number of carbonyl (C=O) groups excluding carboxylic acids is 2. The molecule has 108 valence electrons. The lowest BCUT2D eigenvalue weighted by Crippen LogP contribution is -2.39. The first-order chi connectivity index (χ1) is 9.52. The van der Waals surface area contributed by atoms with Crippen molar-refractivity contribution in [2.75, 3.05) is 13.1 Å². The third kappa shape index (κ3) is 5.09. The van der Waals surface area contributed by atoms with Crippen LogP contribution < -0.4 is 5.73 Å². The van der Waals surface area contributed by atoms with Crippen molar-refractivity contribution in [3.05, 3.63) is 35.9 Å². The van der Waals surface area contributed by atoms with Crippen LogP contribution in [0.4, 0.5) is 4.79 Å². The highest BCUT2D eigenvalue weighted by atomic mass is 16.4. The molecule has 1 heterocycles. The average Bonchev–Trinajstić information content (AvgIpc) is 2.49. The van der Waals surface area contributed by atoms with E-state index < -0.39 is 11.8 Å². The number of carbonyl (C=O) groups is 3. The van der Waals surface area contributed by atoms with Crippen LogP contribution >= 0.6 is 0 Å². The molecule has 0 atom stereocenters. The van der Waals surface area contributed by atoms with Crippen LogP contribution in [-0.2, 0) is 4.79 Å². The summed E-state index contributed by atoms with van der Waals surface area (Å²) in [5.41, 5.74) is 5.26. The Kier molecular flexibility index (Phi) is 6.22. The number of Topliss-reactive ketones (excluding diaryl/α,β-unsaturated/α-hetero) is 1. The molecular formula is C14H18N2O4. The molecule has 1 fully saturated rings. The number of rotatable bonds is 2. The van der Waals surface area contributed by atoms with Crippen LogP contribution in [0, 0.1) is 0 Å². The Balaban J connectivity index is 0.000000204. The molecule has 0 aromatic heterocycles. The van der Waals surface area contributed by atoms with Crippen LogP contribution in [0.25, 0.3) is 0 Å². The monoisotopic (exact) mass is 278 g/mol. The van der Waals surface area contributed by atoms with E-state index in [1.807, 2.05) is 0 Å². The first-order valence-electron chi connectivity index (χ1n) is 6.39. The number of hydrogen-bond acceptors (Lipinski definition) is 3. The fraction of sp³-hybridized carbons (Fsp3) is 0.357. The Morgan fingerprint density at radius 1 is 1.00 bits per heavy atom. The summed E-state index contributed by atoms with van der Waals surface area (Å²) in [6.07, 6.45) is 3.47. The summed E-state index contributed by atoms with van der Waals surface area (Å²) in [6, 6.07) is 7.63. The van der Waals surface area contributed by atoms with E-state index >= 15 is 0 Å². The Morgan fingerprint density at radius 2 is 1.55 bits per heavy atom. The normalized spacial score (nSPS) is 13.9. The third-order valence-electron chi connectivity index (χ3n) is 2.90. The fourth-order valence-corrected chi connectivity index (χ4v) is 1.83. The van der Waals surface area contributed by atoms with E-state index in [1.165, 1.54) is 18.6 Å². The Hall–Kier alpha value is -2.37. The first-order valence-corrected chi connectivity index (χ1v) is 6.39. The number of carboxylic acids is 1. The number of aliphatic carboxylic acids is 1. The zero-order valence-corrected chi connectivity index (χ0v) is 11.1. The molecule has 0 bridgehead atoms. The van der Waals surface area contributed by atoms with Crippen molar-refractivity contribution in [3.8, 4) is 0 Å². The Morgan fingerprint density at radius 3 is 1.95 bits per heavy atom.